The van der Waals surface area contributed by atoms with E-state index < -0.39 is 0 Å². The molecule has 8 aromatic carbocycles. The summed E-state index contributed by atoms with van der Waals surface area (Å²) in [6.45, 7) is 0. The van der Waals surface area contributed by atoms with Gasteiger partial charge in [0.25, 0.3) is 0 Å². The third kappa shape index (κ3) is 5.53. The molecule has 252 valence electrons. The molecule has 0 N–H and O–H groups in total. The highest BCUT2D eigenvalue weighted by Crippen LogP contribution is 2.49. The molecule has 2 heteroatoms. The molecule has 0 atom stereocenters. The molecule has 0 aliphatic heterocycles. The van der Waals surface area contributed by atoms with Gasteiger partial charge in [-0.3, -0.25) is 9.97 Å². The van der Waals surface area contributed by atoms with Crippen molar-refractivity contribution in [2.75, 3.05) is 0 Å². The molecular formula is C52H34N2. The molecule has 0 aliphatic rings. The van der Waals surface area contributed by atoms with Gasteiger partial charge >= 0.3 is 0 Å². The van der Waals surface area contributed by atoms with Crippen molar-refractivity contribution in [2.24, 2.45) is 0 Å². The summed E-state index contributed by atoms with van der Waals surface area (Å²) in [5.41, 5.74) is 14.0. The molecule has 0 spiro atoms. The van der Waals surface area contributed by atoms with Gasteiger partial charge < -0.3 is 0 Å². The summed E-state index contributed by atoms with van der Waals surface area (Å²) in [6, 6.07) is 65.9. The van der Waals surface area contributed by atoms with Crippen molar-refractivity contribution in [1.29, 1.82) is 0 Å². The van der Waals surface area contributed by atoms with Gasteiger partial charge in [0.2, 0.25) is 0 Å². The molecule has 54 heavy (non-hydrogen) atoms. The van der Waals surface area contributed by atoms with E-state index in [1.165, 1.54) is 76.8 Å². The van der Waals surface area contributed by atoms with Crippen LogP contribution in [0, 0.1) is 0 Å². The van der Waals surface area contributed by atoms with Crippen molar-refractivity contribution in [3.63, 3.8) is 0 Å². The molecule has 0 saturated carbocycles. The average molecular weight is 687 g/mol. The quantitative estimate of drug-likeness (QED) is 0.163. The van der Waals surface area contributed by atoms with Gasteiger partial charge in [-0.05, 0) is 124 Å². The lowest BCUT2D eigenvalue weighted by Gasteiger charge is -2.22. The zero-order valence-corrected chi connectivity index (χ0v) is 29.5. The molecule has 0 radical (unpaired) electrons. The second-order valence-electron chi connectivity index (χ2n) is 13.8. The van der Waals surface area contributed by atoms with E-state index in [4.69, 9.17) is 0 Å². The molecule has 0 amide bonds. The van der Waals surface area contributed by atoms with Crippen molar-refractivity contribution in [2.45, 2.75) is 0 Å². The summed E-state index contributed by atoms with van der Waals surface area (Å²) in [5, 5.41) is 7.26. The topological polar surface area (TPSA) is 25.8 Å². The molecule has 0 saturated heterocycles. The molecule has 0 bridgehead atoms. The lowest BCUT2D eigenvalue weighted by atomic mass is 9.81. The molecule has 2 aromatic heterocycles. The Hall–Kier alpha value is -7.16. The maximum absolute atomic E-state index is 4.58. The van der Waals surface area contributed by atoms with Crippen molar-refractivity contribution >= 4 is 32.3 Å². The van der Waals surface area contributed by atoms with Crippen molar-refractivity contribution in [3.05, 3.63) is 207 Å². The summed E-state index contributed by atoms with van der Waals surface area (Å²) in [6.07, 6.45) is 7.66. The third-order valence-corrected chi connectivity index (χ3v) is 10.6. The fourth-order valence-corrected chi connectivity index (χ4v) is 8.11. The molecule has 2 heterocycles. The summed E-state index contributed by atoms with van der Waals surface area (Å²) in [4.78, 5) is 9.16. The Bertz CT molecular complexity index is 2750. The van der Waals surface area contributed by atoms with E-state index in [-0.39, 0.29) is 0 Å². The first-order valence-electron chi connectivity index (χ1n) is 18.4. The van der Waals surface area contributed by atoms with E-state index in [2.05, 4.69) is 180 Å². The molecule has 0 fully saturated rings. The van der Waals surface area contributed by atoms with Crippen LogP contribution in [0.15, 0.2) is 207 Å². The van der Waals surface area contributed by atoms with Crippen molar-refractivity contribution in [1.82, 2.24) is 9.97 Å². The van der Waals surface area contributed by atoms with Gasteiger partial charge in [-0.15, -0.1) is 0 Å². The van der Waals surface area contributed by atoms with Crippen LogP contribution in [0.2, 0.25) is 0 Å². The van der Waals surface area contributed by atoms with E-state index in [0.29, 0.717) is 0 Å². The summed E-state index contributed by atoms with van der Waals surface area (Å²) >= 11 is 0. The van der Waals surface area contributed by atoms with Gasteiger partial charge in [-0.2, -0.15) is 0 Å². The number of benzene rings is 8. The zero-order valence-electron chi connectivity index (χ0n) is 29.5. The second kappa shape index (κ2) is 13.4. The molecule has 0 unspecified atom stereocenters. The molecule has 0 aliphatic carbocycles. The normalized spacial score (nSPS) is 11.3. The first-order valence-corrected chi connectivity index (χ1v) is 18.4. The average Bonchev–Trinajstić information content (AvgIpc) is 3.26. The minimum atomic E-state index is 1.09. The zero-order chi connectivity index (χ0) is 35.8. The lowest BCUT2D eigenvalue weighted by Crippen LogP contribution is -1.95. The minimum absolute atomic E-state index is 1.09. The van der Waals surface area contributed by atoms with Crippen molar-refractivity contribution < 1.29 is 0 Å². The van der Waals surface area contributed by atoms with Crippen LogP contribution in [0.25, 0.3) is 99.1 Å². The predicted octanol–water partition coefficient (Wildman–Crippen LogP) is 13.9. The SMILES string of the molecule is c1ccc(-c2ccc(-c3c4ccccc4c(-c4ccc(-c5ccccc5)cc4-c4cccnc4)c4cc5ccccc5cc34)c(-c3cccnc3)c2)cc1. The fourth-order valence-electron chi connectivity index (χ4n) is 8.11. The molecule has 10 rings (SSSR count). The van der Waals surface area contributed by atoms with Gasteiger partial charge in [0.1, 0.15) is 0 Å². The van der Waals surface area contributed by atoms with E-state index >= 15 is 0 Å². The summed E-state index contributed by atoms with van der Waals surface area (Å²) in [5.74, 6) is 0. The monoisotopic (exact) mass is 686 g/mol. The van der Waals surface area contributed by atoms with Crippen LogP contribution in [-0.4, -0.2) is 9.97 Å². The van der Waals surface area contributed by atoms with Crippen LogP contribution in [0.4, 0.5) is 0 Å². The lowest BCUT2D eigenvalue weighted by molar-refractivity contribution is 1.33. The number of hydrogen-bond acceptors (Lipinski definition) is 2. The van der Waals surface area contributed by atoms with Gasteiger partial charge in [0, 0.05) is 35.9 Å². The Morgan fingerprint density at radius 1 is 0.259 bits per heavy atom. The molecule has 10 aromatic rings. The first-order chi connectivity index (χ1) is 26.8. The maximum Gasteiger partial charge on any atom is 0.0346 e. The number of fused-ring (bicyclic) bond motifs is 3. The Balaban J connectivity index is 1.33. The van der Waals surface area contributed by atoms with Gasteiger partial charge in [0.15, 0.2) is 0 Å². The summed E-state index contributed by atoms with van der Waals surface area (Å²) < 4.78 is 0. The largest absolute Gasteiger partial charge is 0.264 e. The number of rotatable bonds is 6. The van der Waals surface area contributed by atoms with Gasteiger partial charge in [-0.1, -0.05) is 146 Å². The highest BCUT2D eigenvalue weighted by atomic mass is 14.6. The maximum atomic E-state index is 4.58. The first kappa shape index (κ1) is 31.6. The van der Waals surface area contributed by atoms with E-state index in [1.54, 1.807) is 0 Å². The minimum Gasteiger partial charge on any atom is -0.264 e. The van der Waals surface area contributed by atoms with Crippen LogP contribution in [0.1, 0.15) is 0 Å². The molecular weight excluding hydrogens is 653 g/mol. The van der Waals surface area contributed by atoms with E-state index in [1.807, 2.05) is 36.9 Å². The number of hydrogen-bond donors (Lipinski definition) is 0. The Morgan fingerprint density at radius 3 is 1.09 bits per heavy atom. The highest BCUT2D eigenvalue weighted by molar-refractivity contribution is 6.25. The summed E-state index contributed by atoms with van der Waals surface area (Å²) in [7, 11) is 0. The van der Waals surface area contributed by atoms with Gasteiger partial charge in [0.05, 0.1) is 0 Å². The van der Waals surface area contributed by atoms with Crippen LogP contribution in [-0.2, 0) is 0 Å². The Labute approximate surface area is 314 Å². The second-order valence-corrected chi connectivity index (χ2v) is 13.8. The van der Waals surface area contributed by atoms with E-state index in [9.17, 15) is 0 Å². The van der Waals surface area contributed by atoms with Crippen molar-refractivity contribution in [3.8, 4) is 66.8 Å². The highest BCUT2D eigenvalue weighted by Gasteiger charge is 2.22. The Morgan fingerprint density at radius 2 is 0.667 bits per heavy atom. The smallest absolute Gasteiger partial charge is 0.0346 e. The third-order valence-electron chi connectivity index (χ3n) is 10.6. The fraction of sp³-hybridized carbons (Fsp3) is 0. The van der Waals surface area contributed by atoms with Crippen LogP contribution >= 0.6 is 0 Å². The molecule has 2 nitrogen and oxygen atoms in total. The number of nitrogens with zero attached hydrogens (tertiary/aromatic N) is 2. The number of pyridine rings is 2. The Kier molecular flexibility index (Phi) is 7.85. The van der Waals surface area contributed by atoms with E-state index in [0.717, 1.165) is 22.3 Å². The van der Waals surface area contributed by atoms with Gasteiger partial charge in [-0.25, -0.2) is 0 Å². The number of aromatic nitrogens is 2. The van der Waals surface area contributed by atoms with Crippen LogP contribution < -0.4 is 0 Å². The van der Waals surface area contributed by atoms with Crippen LogP contribution in [0.3, 0.4) is 0 Å². The predicted molar refractivity (Wildman–Crippen MR) is 227 cm³/mol. The standard InChI is InChI=1S/C52H34N2/c1-3-13-35(14-4-1)39-23-25-45(47(29-39)41-19-11-27-53-33-41)51-43-21-9-10-22-44(43)52(50-32-38-18-8-7-17-37(38)31-49(50)51)46-26-24-40(36-15-5-2-6-16-36)30-48(46)42-20-12-28-54-34-42/h1-34H. The van der Waals surface area contributed by atoms with Crippen LogP contribution in [0.5, 0.6) is 0 Å².